The van der Waals surface area contributed by atoms with E-state index >= 15 is 0 Å². The van der Waals surface area contributed by atoms with Gasteiger partial charge >= 0.3 is 0 Å². The number of sulfonamides is 1. The molecule has 6 rings (SSSR count). The van der Waals surface area contributed by atoms with Gasteiger partial charge in [-0.2, -0.15) is 0 Å². The number of aryl methyl sites for hydroxylation is 3. The van der Waals surface area contributed by atoms with Crippen LogP contribution in [0.2, 0.25) is 0 Å². The first kappa shape index (κ1) is 29.0. The number of piperidine rings is 1. The lowest BCUT2D eigenvalue weighted by Crippen LogP contribution is -2.44. The van der Waals surface area contributed by atoms with Crippen molar-refractivity contribution in [2.24, 2.45) is 12.5 Å². The number of likely N-dealkylation sites (tertiary alicyclic amines) is 1. The van der Waals surface area contributed by atoms with Crippen LogP contribution in [0.3, 0.4) is 0 Å². The number of amides is 1. The van der Waals surface area contributed by atoms with E-state index in [0.717, 1.165) is 45.4 Å². The number of imidazole rings is 1. The predicted octanol–water partition coefficient (Wildman–Crippen LogP) is 4.55. The molecule has 0 radical (unpaired) electrons. The van der Waals surface area contributed by atoms with Gasteiger partial charge in [-0.25, -0.2) is 17.7 Å². The number of hydrogen-bond acceptors (Lipinski definition) is 7. The van der Waals surface area contributed by atoms with Crippen LogP contribution in [0.25, 0.3) is 11.0 Å². The minimum atomic E-state index is -3.91. The lowest BCUT2D eigenvalue weighted by atomic mass is 9.77. The van der Waals surface area contributed by atoms with Crippen molar-refractivity contribution in [3.63, 3.8) is 0 Å². The van der Waals surface area contributed by atoms with Crippen LogP contribution in [0.15, 0.2) is 59.8 Å². The van der Waals surface area contributed by atoms with Crippen molar-refractivity contribution in [2.75, 3.05) is 49.5 Å². The van der Waals surface area contributed by atoms with Gasteiger partial charge in [-0.15, -0.1) is 0 Å². The molecule has 2 saturated heterocycles. The van der Waals surface area contributed by atoms with Crippen LogP contribution in [0.1, 0.15) is 40.7 Å². The number of carbonyl (C=O) groups excluding carboxylic acids is 1. The molecule has 1 amide bonds. The molecular weight excluding hydrogens is 564 g/mol. The molecule has 0 N–H and O–H groups in total. The van der Waals surface area contributed by atoms with Crippen molar-refractivity contribution in [2.45, 2.75) is 38.0 Å². The molecule has 0 saturated carbocycles. The molecule has 0 aliphatic carbocycles. The summed E-state index contributed by atoms with van der Waals surface area (Å²) in [5, 5.41) is 0. The van der Waals surface area contributed by atoms with Crippen molar-refractivity contribution in [3.8, 4) is 5.75 Å². The van der Waals surface area contributed by atoms with Crippen molar-refractivity contribution < 1.29 is 17.9 Å². The Morgan fingerprint density at radius 3 is 2.28 bits per heavy atom. The van der Waals surface area contributed by atoms with Crippen LogP contribution < -0.4 is 13.9 Å². The van der Waals surface area contributed by atoms with Crippen molar-refractivity contribution in [1.29, 1.82) is 0 Å². The van der Waals surface area contributed by atoms with Crippen molar-refractivity contribution in [3.05, 3.63) is 71.5 Å². The fourth-order valence-corrected chi connectivity index (χ4v) is 8.34. The lowest BCUT2D eigenvalue weighted by Gasteiger charge is -2.39. The summed E-state index contributed by atoms with van der Waals surface area (Å²) in [7, 11) is 0.929. The van der Waals surface area contributed by atoms with E-state index in [1.54, 1.807) is 56.8 Å². The van der Waals surface area contributed by atoms with E-state index in [1.807, 2.05) is 23.4 Å². The number of fused-ring (bicyclic) bond motifs is 1. The number of aromatic nitrogens is 3. The number of methoxy groups -OCH3 is 1. The first-order valence-corrected chi connectivity index (χ1v) is 16.0. The van der Waals surface area contributed by atoms with Crippen LogP contribution in [0.5, 0.6) is 5.75 Å². The van der Waals surface area contributed by atoms with Gasteiger partial charge in [0.05, 0.1) is 23.0 Å². The highest BCUT2D eigenvalue weighted by molar-refractivity contribution is 7.92. The van der Waals surface area contributed by atoms with Gasteiger partial charge < -0.3 is 19.1 Å². The maximum absolute atomic E-state index is 13.8. The molecule has 2 aliphatic heterocycles. The summed E-state index contributed by atoms with van der Waals surface area (Å²) in [6.45, 7) is 7.00. The summed E-state index contributed by atoms with van der Waals surface area (Å²) in [5.74, 6) is 0.874. The zero-order valence-electron chi connectivity index (χ0n) is 25.4. The summed E-state index contributed by atoms with van der Waals surface area (Å²) in [5.41, 5.74) is 4.54. The SMILES string of the molecule is COc1cc(C)c(S(=O)(=O)N(C)c2nc3ccc(C(=O)N4CCC5(CC4)CCN(c4ccncc4)C5)cc3n2C)c(C)c1. The minimum absolute atomic E-state index is 0.00561. The molecule has 226 valence electrons. The molecule has 2 aromatic heterocycles. The van der Waals surface area contributed by atoms with Gasteiger partial charge in [0.1, 0.15) is 5.75 Å². The number of rotatable bonds is 6. The lowest BCUT2D eigenvalue weighted by molar-refractivity contribution is 0.0610. The van der Waals surface area contributed by atoms with Crippen LogP contribution in [0, 0.1) is 19.3 Å². The number of ether oxygens (including phenoxy) is 1. The number of benzene rings is 2. The van der Waals surface area contributed by atoms with Gasteiger partial charge in [0.2, 0.25) is 5.95 Å². The monoisotopic (exact) mass is 602 g/mol. The van der Waals surface area contributed by atoms with E-state index in [9.17, 15) is 13.2 Å². The zero-order valence-corrected chi connectivity index (χ0v) is 26.2. The molecule has 2 aromatic carbocycles. The number of pyridine rings is 1. The maximum atomic E-state index is 13.8. The normalized spacial score (nSPS) is 16.7. The molecule has 2 fully saturated rings. The van der Waals surface area contributed by atoms with E-state index < -0.39 is 10.0 Å². The number of hydrogen-bond donors (Lipinski definition) is 0. The summed E-state index contributed by atoms with van der Waals surface area (Å²) >= 11 is 0. The fraction of sp³-hybridized carbons (Fsp3) is 0.406. The molecule has 0 atom stereocenters. The van der Waals surface area contributed by atoms with Crippen molar-refractivity contribution in [1.82, 2.24) is 19.4 Å². The number of nitrogens with zero attached hydrogens (tertiary/aromatic N) is 6. The molecular formula is C32H38N6O4S. The van der Waals surface area contributed by atoms with Crippen LogP contribution in [-0.2, 0) is 17.1 Å². The van der Waals surface area contributed by atoms with E-state index in [4.69, 9.17) is 4.74 Å². The maximum Gasteiger partial charge on any atom is 0.266 e. The smallest absolute Gasteiger partial charge is 0.266 e. The Balaban J connectivity index is 1.19. The molecule has 0 bridgehead atoms. The van der Waals surface area contributed by atoms with Crippen LogP contribution in [-0.4, -0.2) is 74.1 Å². The Bertz CT molecular complexity index is 1770. The Kier molecular flexibility index (Phi) is 7.32. The first-order chi connectivity index (χ1) is 20.5. The minimum Gasteiger partial charge on any atom is -0.497 e. The highest BCUT2D eigenvalue weighted by atomic mass is 32.2. The second-order valence-electron chi connectivity index (χ2n) is 11.9. The van der Waals surface area contributed by atoms with Gasteiger partial charge in [-0.1, -0.05) is 0 Å². The van der Waals surface area contributed by atoms with Gasteiger partial charge in [-0.05, 0) is 92.1 Å². The quantitative estimate of drug-likeness (QED) is 0.319. The highest BCUT2D eigenvalue weighted by Crippen LogP contribution is 2.42. The van der Waals surface area contributed by atoms with E-state index in [-0.39, 0.29) is 22.2 Å². The average molecular weight is 603 g/mol. The fourth-order valence-electron chi connectivity index (χ4n) is 6.76. The third-order valence-corrected chi connectivity index (χ3v) is 11.3. The summed E-state index contributed by atoms with van der Waals surface area (Å²) in [6, 6.07) is 13.0. The largest absolute Gasteiger partial charge is 0.497 e. The number of anilines is 2. The highest BCUT2D eigenvalue weighted by Gasteiger charge is 2.41. The molecule has 4 aromatic rings. The molecule has 10 nitrogen and oxygen atoms in total. The average Bonchev–Trinajstić information content (AvgIpc) is 3.57. The predicted molar refractivity (Wildman–Crippen MR) is 167 cm³/mol. The third kappa shape index (κ3) is 5.09. The van der Waals surface area contributed by atoms with Gasteiger partial charge in [-0.3, -0.25) is 9.78 Å². The van der Waals surface area contributed by atoms with Gasteiger partial charge in [0.25, 0.3) is 15.9 Å². The standard InChI is InChI=1S/C32H38N6O4S/c1-22-18-26(42-5)19-23(2)29(22)43(40,41)36(4)31-34-27-7-6-24(20-28(27)35(31)3)30(39)37-15-10-32(11-16-37)12-17-38(21-32)25-8-13-33-14-9-25/h6-9,13-14,18-20H,10-12,15-17,21H2,1-5H3. The van der Waals surface area contributed by atoms with Gasteiger partial charge in [0, 0.05) is 63.9 Å². The second-order valence-corrected chi connectivity index (χ2v) is 13.8. The number of carbonyl (C=O) groups is 1. The second kappa shape index (κ2) is 10.9. The topological polar surface area (TPSA) is 101 Å². The molecule has 11 heteroatoms. The Morgan fingerprint density at radius 2 is 1.63 bits per heavy atom. The summed E-state index contributed by atoms with van der Waals surface area (Å²) in [6.07, 6.45) is 6.76. The van der Waals surface area contributed by atoms with E-state index in [0.29, 0.717) is 33.5 Å². The molecule has 4 heterocycles. The van der Waals surface area contributed by atoms with Crippen LogP contribution in [0.4, 0.5) is 11.6 Å². The van der Waals surface area contributed by atoms with E-state index in [1.165, 1.54) is 17.0 Å². The van der Waals surface area contributed by atoms with Crippen molar-refractivity contribution >= 4 is 38.6 Å². The molecule has 0 unspecified atom stereocenters. The molecule has 1 spiro atoms. The Hall–Kier alpha value is -4.12. The van der Waals surface area contributed by atoms with Crippen LogP contribution >= 0.6 is 0 Å². The Labute approximate surface area is 252 Å². The first-order valence-electron chi connectivity index (χ1n) is 14.6. The zero-order chi connectivity index (χ0) is 30.5. The van der Waals surface area contributed by atoms with E-state index in [2.05, 4.69) is 27.0 Å². The summed E-state index contributed by atoms with van der Waals surface area (Å²) < 4.78 is 35.8. The Morgan fingerprint density at radius 1 is 0.977 bits per heavy atom. The molecule has 43 heavy (non-hydrogen) atoms. The third-order valence-electron chi connectivity index (χ3n) is 9.25. The summed E-state index contributed by atoms with van der Waals surface area (Å²) in [4.78, 5) is 27.0. The molecule has 2 aliphatic rings. The van der Waals surface area contributed by atoms with Gasteiger partial charge in [0.15, 0.2) is 0 Å².